The number of hydrogen-bond donors (Lipinski definition) is 0. The molecule has 16 heavy (non-hydrogen) atoms. The molecule has 0 bridgehead atoms. The van der Waals surface area contributed by atoms with E-state index in [1.54, 1.807) is 12.1 Å². The third kappa shape index (κ3) is 2.04. The summed E-state index contributed by atoms with van der Waals surface area (Å²) >= 11 is 5.99. The molecule has 0 amide bonds. The van der Waals surface area contributed by atoms with Crippen LogP contribution in [-0.4, -0.2) is 9.97 Å². The minimum Gasteiger partial charge on any atom is -0.248 e. The van der Waals surface area contributed by atoms with Crippen LogP contribution in [0.4, 0.5) is 4.39 Å². The summed E-state index contributed by atoms with van der Waals surface area (Å²) in [6.07, 6.45) is 0. The Bertz CT molecular complexity index is 541. The Balaban J connectivity index is 2.60. The molecule has 4 heteroatoms. The lowest BCUT2D eigenvalue weighted by atomic mass is 10.1. The zero-order valence-corrected chi connectivity index (χ0v) is 9.72. The van der Waals surface area contributed by atoms with E-state index < -0.39 is 0 Å². The Kier molecular flexibility index (Phi) is 2.88. The normalized spacial score (nSPS) is 10.5. The summed E-state index contributed by atoms with van der Waals surface area (Å²) in [6.45, 7) is 3.69. The maximum Gasteiger partial charge on any atom is 0.155 e. The van der Waals surface area contributed by atoms with Crippen LogP contribution in [0.15, 0.2) is 24.3 Å². The van der Waals surface area contributed by atoms with Gasteiger partial charge in [-0.05, 0) is 26.0 Å². The van der Waals surface area contributed by atoms with Gasteiger partial charge in [0.05, 0.1) is 11.4 Å². The zero-order valence-electron chi connectivity index (χ0n) is 8.96. The third-order valence-corrected chi connectivity index (χ3v) is 2.63. The van der Waals surface area contributed by atoms with E-state index in [0.29, 0.717) is 16.4 Å². The Morgan fingerprint density at radius 2 is 1.81 bits per heavy atom. The minimum absolute atomic E-state index is 0.300. The van der Waals surface area contributed by atoms with E-state index in [2.05, 4.69) is 9.97 Å². The van der Waals surface area contributed by atoms with E-state index >= 15 is 0 Å². The van der Waals surface area contributed by atoms with Crippen LogP contribution in [0.2, 0.25) is 5.15 Å². The molecule has 0 aliphatic carbocycles. The molecule has 0 spiro atoms. The first kappa shape index (κ1) is 11.0. The number of halogens is 2. The Labute approximate surface area is 98.1 Å². The van der Waals surface area contributed by atoms with Gasteiger partial charge in [-0.2, -0.15) is 0 Å². The van der Waals surface area contributed by atoms with Crippen LogP contribution in [0, 0.1) is 19.7 Å². The van der Waals surface area contributed by atoms with Crippen molar-refractivity contribution >= 4 is 11.6 Å². The fourth-order valence-electron chi connectivity index (χ4n) is 1.40. The van der Waals surface area contributed by atoms with Crippen molar-refractivity contribution in [2.24, 2.45) is 0 Å². The Morgan fingerprint density at radius 1 is 1.12 bits per heavy atom. The molecule has 1 heterocycles. The predicted molar refractivity (Wildman–Crippen MR) is 61.9 cm³/mol. The maximum absolute atomic E-state index is 13.1. The quantitative estimate of drug-likeness (QED) is 0.757. The lowest BCUT2D eigenvalue weighted by molar-refractivity contribution is 0.628. The van der Waals surface area contributed by atoms with Gasteiger partial charge in [0.25, 0.3) is 0 Å². The number of aryl methyl sites for hydroxylation is 2. The lowest BCUT2D eigenvalue weighted by Gasteiger charge is -2.06. The van der Waals surface area contributed by atoms with Gasteiger partial charge in [-0.25, -0.2) is 14.4 Å². The second kappa shape index (κ2) is 4.18. The molecule has 82 valence electrons. The molecule has 0 saturated carbocycles. The average Bonchev–Trinajstić information content (AvgIpc) is 2.23. The van der Waals surface area contributed by atoms with E-state index in [4.69, 9.17) is 11.6 Å². The summed E-state index contributed by atoms with van der Waals surface area (Å²) in [4.78, 5) is 8.48. The Hall–Kier alpha value is -1.48. The van der Waals surface area contributed by atoms with Gasteiger partial charge in [0.2, 0.25) is 0 Å². The summed E-state index contributed by atoms with van der Waals surface area (Å²) in [7, 11) is 0. The van der Waals surface area contributed by atoms with Crippen LogP contribution in [-0.2, 0) is 0 Å². The first-order valence-electron chi connectivity index (χ1n) is 4.84. The van der Waals surface area contributed by atoms with Gasteiger partial charge in [-0.1, -0.05) is 23.7 Å². The van der Waals surface area contributed by atoms with Crippen LogP contribution in [0.3, 0.4) is 0 Å². The maximum atomic E-state index is 13.1. The smallest absolute Gasteiger partial charge is 0.155 e. The Morgan fingerprint density at radius 3 is 2.50 bits per heavy atom. The van der Waals surface area contributed by atoms with Gasteiger partial charge < -0.3 is 0 Å². The summed E-state index contributed by atoms with van der Waals surface area (Å²) in [5, 5.41) is 0.300. The second-order valence-corrected chi connectivity index (χ2v) is 3.90. The van der Waals surface area contributed by atoms with Gasteiger partial charge in [0.15, 0.2) is 5.15 Å². The molecule has 0 unspecified atom stereocenters. The van der Waals surface area contributed by atoms with E-state index in [1.807, 2.05) is 13.8 Å². The first-order valence-corrected chi connectivity index (χ1v) is 5.22. The van der Waals surface area contributed by atoms with Gasteiger partial charge >= 0.3 is 0 Å². The van der Waals surface area contributed by atoms with Gasteiger partial charge in [0, 0.05) is 5.56 Å². The predicted octanol–water partition coefficient (Wildman–Crippen LogP) is 3.55. The summed E-state index contributed by atoms with van der Waals surface area (Å²) in [6, 6.07) is 6.15. The number of nitrogens with zero attached hydrogens (tertiary/aromatic N) is 2. The standard InChI is InChI=1S/C12H10ClFN2/c1-7-8(2)16-12(13)11(15-7)9-4-3-5-10(14)6-9/h3-6H,1-2H3. The second-order valence-electron chi connectivity index (χ2n) is 3.54. The largest absolute Gasteiger partial charge is 0.248 e. The number of rotatable bonds is 1. The molecule has 2 nitrogen and oxygen atoms in total. The van der Waals surface area contributed by atoms with Gasteiger partial charge in [0.1, 0.15) is 11.5 Å². The molecule has 2 aromatic rings. The number of benzene rings is 1. The topological polar surface area (TPSA) is 25.8 Å². The third-order valence-electron chi connectivity index (χ3n) is 2.36. The molecule has 0 atom stereocenters. The minimum atomic E-state index is -0.311. The molecule has 1 aromatic heterocycles. The van der Waals surface area contributed by atoms with Crippen LogP contribution in [0.1, 0.15) is 11.4 Å². The van der Waals surface area contributed by atoms with Crippen molar-refractivity contribution in [3.8, 4) is 11.3 Å². The van der Waals surface area contributed by atoms with Gasteiger partial charge in [-0.15, -0.1) is 0 Å². The summed E-state index contributed by atoms with van der Waals surface area (Å²) in [5.41, 5.74) is 2.73. The van der Waals surface area contributed by atoms with Crippen LogP contribution in [0.25, 0.3) is 11.3 Å². The van der Waals surface area contributed by atoms with Crippen LogP contribution >= 0.6 is 11.6 Å². The molecule has 0 saturated heterocycles. The van der Waals surface area contributed by atoms with E-state index in [1.165, 1.54) is 12.1 Å². The fourth-order valence-corrected chi connectivity index (χ4v) is 1.67. The molecule has 0 N–H and O–H groups in total. The molecule has 0 aliphatic rings. The van der Waals surface area contributed by atoms with E-state index in [0.717, 1.165) is 11.4 Å². The van der Waals surface area contributed by atoms with Crippen molar-refractivity contribution in [2.75, 3.05) is 0 Å². The molecule has 1 aromatic carbocycles. The van der Waals surface area contributed by atoms with E-state index in [9.17, 15) is 4.39 Å². The van der Waals surface area contributed by atoms with Crippen LogP contribution in [0.5, 0.6) is 0 Å². The average molecular weight is 237 g/mol. The number of aromatic nitrogens is 2. The molecular weight excluding hydrogens is 227 g/mol. The monoisotopic (exact) mass is 236 g/mol. The van der Waals surface area contributed by atoms with Crippen molar-refractivity contribution < 1.29 is 4.39 Å². The van der Waals surface area contributed by atoms with Crippen molar-refractivity contribution in [3.05, 3.63) is 46.6 Å². The van der Waals surface area contributed by atoms with Crippen molar-refractivity contribution in [3.63, 3.8) is 0 Å². The lowest BCUT2D eigenvalue weighted by Crippen LogP contribution is -1.96. The highest BCUT2D eigenvalue weighted by Gasteiger charge is 2.09. The highest BCUT2D eigenvalue weighted by molar-refractivity contribution is 6.31. The van der Waals surface area contributed by atoms with Gasteiger partial charge in [-0.3, -0.25) is 0 Å². The summed E-state index contributed by atoms with van der Waals surface area (Å²) < 4.78 is 13.1. The fraction of sp³-hybridized carbons (Fsp3) is 0.167. The molecule has 0 fully saturated rings. The molecule has 0 aliphatic heterocycles. The van der Waals surface area contributed by atoms with Crippen molar-refractivity contribution in [1.82, 2.24) is 9.97 Å². The molecule has 0 radical (unpaired) electrons. The highest BCUT2D eigenvalue weighted by atomic mass is 35.5. The van der Waals surface area contributed by atoms with Crippen molar-refractivity contribution in [2.45, 2.75) is 13.8 Å². The summed E-state index contributed by atoms with van der Waals surface area (Å²) in [5.74, 6) is -0.311. The number of hydrogen-bond acceptors (Lipinski definition) is 2. The molecular formula is C12H10ClFN2. The first-order chi connectivity index (χ1) is 7.58. The van der Waals surface area contributed by atoms with E-state index in [-0.39, 0.29) is 5.82 Å². The SMILES string of the molecule is Cc1nc(Cl)c(-c2cccc(F)c2)nc1C. The molecule has 2 rings (SSSR count). The zero-order chi connectivity index (χ0) is 11.7. The van der Waals surface area contributed by atoms with Crippen molar-refractivity contribution in [1.29, 1.82) is 0 Å². The van der Waals surface area contributed by atoms with Crippen LogP contribution < -0.4 is 0 Å². The highest BCUT2D eigenvalue weighted by Crippen LogP contribution is 2.25.